The van der Waals surface area contributed by atoms with Crippen LogP contribution in [0.2, 0.25) is 0 Å². The molecule has 92 valence electrons. The lowest BCUT2D eigenvalue weighted by atomic mass is 10.1. The van der Waals surface area contributed by atoms with Gasteiger partial charge in [0, 0.05) is 20.5 Å². The van der Waals surface area contributed by atoms with Crippen molar-refractivity contribution in [2.24, 2.45) is 4.99 Å². The standard InChI is InChI=1S/C10H18N2O4/c1-12(2)7-11-8(10(14)16-4)5-6-9(13)15-3/h7-8H,5-6H2,1-4H3. The van der Waals surface area contributed by atoms with Gasteiger partial charge in [-0.25, -0.2) is 4.79 Å². The van der Waals surface area contributed by atoms with Crippen LogP contribution in [0.1, 0.15) is 12.8 Å². The summed E-state index contributed by atoms with van der Waals surface area (Å²) < 4.78 is 9.07. The predicted molar refractivity (Wildman–Crippen MR) is 59.2 cm³/mol. The van der Waals surface area contributed by atoms with Crippen molar-refractivity contribution in [3.63, 3.8) is 0 Å². The first kappa shape index (κ1) is 14.4. The van der Waals surface area contributed by atoms with Crippen LogP contribution in [-0.4, -0.2) is 57.5 Å². The molecule has 16 heavy (non-hydrogen) atoms. The molecule has 0 saturated heterocycles. The zero-order valence-electron chi connectivity index (χ0n) is 10.1. The lowest BCUT2D eigenvalue weighted by Crippen LogP contribution is -2.23. The number of carbonyl (C=O) groups is 2. The summed E-state index contributed by atoms with van der Waals surface area (Å²) in [6.45, 7) is 0. The van der Waals surface area contributed by atoms with E-state index in [1.54, 1.807) is 19.0 Å². The van der Waals surface area contributed by atoms with Crippen molar-refractivity contribution in [3.8, 4) is 0 Å². The van der Waals surface area contributed by atoms with Crippen molar-refractivity contribution >= 4 is 18.3 Å². The highest BCUT2D eigenvalue weighted by atomic mass is 16.5. The number of carbonyl (C=O) groups excluding carboxylic acids is 2. The van der Waals surface area contributed by atoms with E-state index < -0.39 is 12.0 Å². The topological polar surface area (TPSA) is 68.2 Å². The van der Waals surface area contributed by atoms with Crippen molar-refractivity contribution in [2.45, 2.75) is 18.9 Å². The molecule has 1 unspecified atom stereocenters. The zero-order chi connectivity index (χ0) is 12.6. The van der Waals surface area contributed by atoms with Crippen molar-refractivity contribution in [3.05, 3.63) is 0 Å². The molecule has 0 bridgehead atoms. The molecule has 0 heterocycles. The first-order valence-corrected chi connectivity index (χ1v) is 4.85. The molecule has 6 heteroatoms. The third-order valence-corrected chi connectivity index (χ3v) is 1.80. The normalized spacial score (nSPS) is 12.2. The second-order valence-corrected chi connectivity index (χ2v) is 3.38. The van der Waals surface area contributed by atoms with Crippen molar-refractivity contribution in [1.82, 2.24) is 4.90 Å². The van der Waals surface area contributed by atoms with Crippen LogP contribution < -0.4 is 0 Å². The van der Waals surface area contributed by atoms with Gasteiger partial charge in [-0.2, -0.15) is 0 Å². The van der Waals surface area contributed by atoms with Crippen molar-refractivity contribution in [1.29, 1.82) is 0 Å². The van der Waals surface area contributed by atoms with Crippen LogP contribution in [0.25, 0.3) is 0 Å². The van der Waals surface area contributed by atoms with Gasteiger partial charge in [0.15, 0.2) is 0 Å². The van der Waals surface area contributed by atoms with Gasteiger partial charge in [0.2, 0.25) is 0 Å². The van der Waals surface area contributed by atoms with Crippen molar-refractivity contribution < 1.29 is 19.1 Å². The molecule has 6 nitrogen and oxygen atoms in total. The van der Waals surface area contributed by atoms with Crippen LogP contribution in [0.3, 0.4) is 0 Å². The Morgan fingerprint density at radius 1 is 1.31 bits per heavy atom. The maximum Gasteiger partial charge on any atom is 0.330 e. The zero-order valence-corrected chi connectivity index (χ0v) is 10.1. The minimum absolute atomic E-state index is 0.140. The van der Waals surface area contributed by atoms with Crippen LogP contribution in [0, 0.1) is 0 Å². The summed E-state index contributed by atoms with van der Waals surface area (Å²) in [5.74, 6) is -0.823. The first-order valence-electron chi connectivity index (χ1n) is 4.85. The first-order chi connectivity index (χ1) is 7.51. The number of nitrogens with zero attached hydrogens (tertiary/aromatic N) is 2. The Kier molecular flexibility index (Phi) is 6.91. The fraction of sp³-hybridized carbons (Fsp3) is 0.700. The largest absolute Gasteiger partial charge is 0.469 e. The molecule has 0 aliphatic heterocycles. The van der Waals surface area contributed by atoms with Gasteiger partial charge in [0.05, 0.1) is 20.6 Å². The van der Waals surface area contributed by atoms with Crippen LogP contribution >= 0.6 is 0 Å². The second kappa shape index (κ2) is 7.67. The summed E-state index contributed by atoms with van der Waals surface area (Å²) >= 11 is 0. The molecule has 1 atom stereocenters. The number of hydrogen-bond donors (Lipinski definition) is 0. The van der Waals surface area contributed by atoms with E-state index in [0.29, 0.717) is 0 Å². The number of esters is 2. The fourth-order valence-electron chi connectivity index (χ4n) is 0.960. The Balaban J connectivity index is 4.32. The summed E-state index contributed by atoms with van der Waals surface area (Å²) in [4.78, 5) is 28.0. The fourth-order valence-corrected chi connectivity index (χ4v) is 0.960. The van der Waals surface area contributed by atoms with Gasteiger partial charge in [0.1, 0.15) is 6.04 Å². The average molecular weight is 230 g/mol. The molecule has 0 aromatic carbocycles. The van der Waals surface area contributed by atoms with Gasteiger partial charge in [-0.05, 0) is 6.42 Å². The van der Waals surface area contributed by atoms with Gasteiger partial charge in [-0.3, -0.25) is 9.79 Å². The second-order valence-electron chi connectivity index (χ2n) is 3.38. The summed E-state index contributed by atoms with van der Waals surface area (Å²) in [6, 6.07) is -0.661. The number of rotatable bonds is 6. The lowest BCUT2D eigenvalue weighted by Gasteiger charge is -2.10. The van der Waals surface area contributed by atoms with Crippen molar-refractivity contribution in [2.75, 3.05) is 28.3 Å². The van der Waals surface area contributed by atoms with E-state index in [-0.39, 0.29) is 18.8 Å². The van der Waals surface area contributed by atoms with Gasteiger partial charge >= 0.3 is 11.9 Å². The van der Waals surface area contributed by atoms with E-state index in [1.807, 2.05) is 0 Å². The molecule has 0 aromatic rings. The quantitative estimate of drug-likeness (QED) is 0.367. The maximum atomic E-state index is 11.3. The van der Waals surface area contributed by atoms with E-state index in [1.165, 1.54) is 20.6 Å². The van der Waals surface area contributed by atoms with Crippen LogP contribution in [-0.2, 0) is 19.1 Å². The molecule has 0 aliphatic rings. The minimum Gasteiger partial charge on any atom is -0.469 e. The average Bonchev–Trinajstić information content (AvgIpc) is 2.27. The Hall–Kier alpha value is -1.59. The summed E-state index contributed by atoms with van der Waals surface area (Å²) in [5, 5.41) is 0. The SMILES string of the molecule is COC(=O)CCC(N=CN(C)C)C(=O)OC. The highest BCUT2D eigenvalue weighted by Gasteiger charge is 2.18. The smallest absolute Gasteiger partial charge is 0.330 e. The van der Waals surface area contributed by atoms with E-state index >= 15 is 0 Å². The summed E-state index contributed by atoms with van der Waals surface area (Å²) in [6.07, 6.45) is 1.93. The molecule has 0 N–H and O–H groups in total. The molecule has 0 aromatic heterocycles. The Morgan fingerprint density at radius 2 is 1.94 bits per heavy atom. The minimum atomic E-state index is -0.661. The highest BCUT2D eigenvalue weighted by molar-refractivity contribution is 5.78. The highest BCUT2D eigenvalue weighted by Crippen LogP contribution is 2.05. The molecule has 0 rings (SSSR count). The maximum absolute atomic E-state index is 11.3. The van der Waals surface area contributed by atoms with E-state index in [9.17, 15) is 9.59 Å². The number of aliphatic imine (C=N–C) groups is 1. The molecular weight excluding hydrogens is 212 g/mol. The molecule has 0 saturated carbocycles. The van der Waals surface area contributed by atoms with Crippen LogP contribution in [0.15, 0.2) is 4.99 Å². The molecular formula is C10H18N2O4. The number of ether oxygens (including phenoxy) is 2. The van der Waals surface area contributed by atoms with E-state index in [4.69, 9.17) is 0 Å². The van der Waals surface area contributed by atoms with Gasteiger partial charge in [-0.1, -0.05) is 0 Å². The molecule has 0 fully saturated rings. The van der Waals surface area contributed by atoms with E-state index in [0.717, 1.165) is 0 Å². The molecule has 0 amide bonds. The third-order valence-electron chi connectivity index (χ3n) is 1.80. The lowest BCUT2D eigenvalue weighted by molar-refractivity contribution is -0.143. The third kappa shape index (κ3) is 6.00. The number of hydrogen-bond acceptors (Lipinski definition) is 5. The molecule has 0 aliphatic carbocycles. The van der Waals surface area contributed by atoms with Gasteiger partial charge in [-0.15, -0.1) is 0 Å². The van der Waals surface area contributed by atoms with Crippen LogP contribution in [0.5, 0.6) is 0 Å². The molecule has 0 spiro atoms. The van der Waals surface area contributed by atoms with Gasteiger partial charge in [0.25, 0.3) is 0 Å². The van der Waals surface area contributed by atoms with Crippen LogP contribution in [0.4, 0.5) is 0 Å². The van der Waals surface area contributed by atoms with E-state index in [2.05, 4.69) is 14.5 Å². The predicted octanol–water partition coefficient (Wildman–Crippen LogP) is 0.0711. The Labute approximate surface area is 95.2 Å². The monoisotopic (exact) mass is 230 g/mol. The number of methoxy groups -OCH3 is 2. The Morgan fingerprint density at radius 3 is 2.38 bits per heavy atom. The summed E-state index contributed by atoms with van der Waals surface area (Å²) in [5.41, 5.74) is 0. The molecule has 0 radical (unpaired) electrons. The summed E-state index contributed by atoms with van der Waals surface area (Å²) in [7, 11) is 6.17. The van der Waals surface area contributed by atoms with Gasteiger partial charge < -0.3 is 14.4 Å². The Bertz CT molecular complexity index is 264.